The molecule has 134 valence electrons. The van der Waals surface area contributed by atoms with Gasteiger partial charge < -0.3 is 4.90 Å². The maximum atomic E-state index is 14.1. The summed E-state index contributed by atoms with van der Waals surface area (Å²) in [7, 11) is -2.25. The maximum absolute atomic E-state index is 14.1. The first-order valence-electron chi connectivity index (χ1n) is 7.74. The molecule has 5 nitrogen and oxygen atoms in total. The summed E-state index contributed by atoms with van der Waals surface area (Å²) < 4.78 is 39.3. The van der Waals surface area contributed by atoms with E-state index < -0.39 is 27.8 Å². The van der Waals surface area contributed by atoms with Crippen LogP contribution < -0.4 is 4.31 Å². The van der Waals surface area contributed by atoms with Gasteiger partial charge in [0, 0.05) is 13.6 Å². The highest BCUT2D eigenvalue weighted by molar-refractivity contribution is 7.92. The first-order valence-corrected chi connectivity index (χ1v) is 9.59. The highest BCUT2D eigenvalue weighted by Crippen LogP contribution is 2.24. The molecule has 0 unspecified atom stereocenters. The van der Waals surface area contributed by atoms with Crippen LogP contribution in [0, 0.1) is 5.82 Å². The lowest BCUT2D eigenvalue weighted by Crippen LogP contribution is -2.48. The fraction of sp³-hybridized carbons (Fsp3) is 0.278. The zero-order valence-corrected chi connectivity index (χ0v) is 15.2. The molecular formula is C18H21FN2O3S. The van der Waals surface area contributed by atoms with E-state index in [0.29, 0.717) is 6.54 Å². The third kappa shape index (κ3) is 4.57. The number of likely N-dealkylation sites (N-methyl/N-ethyl adjacent to an activating group) is 1. The molecule has 2 rings (SSSR count). The van der Waals surface area contributed by atoms with E-state index in [0.717, 1.165) is 16.1 Å². The van der Waals surface area contributed by atoms with E-state index in [9.17, 15) is 17.6 Å². The second-order valence-corrected chi connectivity index (χ2v) is 7.73. The summed E-state index contributed by atoms with van der Waals surface area (Å²) in [4.78, 5) is 14.1. The predicted octanol–water partition coefficient (Wildman–Crippen LogP) is 2.64. The number of nitrogens with zero attached hydrogens (tertiary/aromatic N) is 2. The first-order chi connectivity index (χ1) is 11.7. The Kier molecular flexibility index (Phi) is 5.79. The number of anilines is 1. The standard InChI is InChI=1S/C18H21FN2O3S/c1-14(18(22)20(2)13-15-9-5-4-6-10-15)21(25(3,23)24)17-12-8-7-11-16(17)19/h4-12,14H,13H2,1-3H3/t14-/m0/s1. The molecule has 2 aromatic carbocycles. The number of para-hydroxylation sites is 1. The van der Waals surface area contributed by atoms with E-state index in [4.69, 9.17) is 0 Å². The lowest BCUT2D eigenvalue weighted by Gasteiger charge is -2.31. The Labute approximate surface area is 147 Å². The van der Waals surface area contributed by atoms with Crippen LogP contribution in [0.15, 0.2) is 54.6 Å². The molecule has 0 aromatic heterocycles. The SMILES string of the molecule is C[C@@H](C(=O)N(C)Cc1ccccc1)N(c1ccccc1F)S(C)(=O)=O. The van der Waals surface area contributed by atoms with Crippen molar-refractivity contribution in [3.8, 4) is 0 Å². The molecule has 0 bridgehead atoms. The van der Waals surface area contributed by atoms with Gasteiger partial charge >= 0.3 is 0 Å². The number of halogens is 1. The van der Waals surface area contributed by atoms with Crippen LogP contribution in [0.5, 0.6) is 0 Å². The van der Waals surface area contributed by atoms with Gasteiger partial charge in [-0.05, 0) is 24.6 Å². The average Bonchev–Trinajstić information content (AvgIpc) is 2.55. The zero-order valence-electron chi connectivity index (χ0n) is 14.4. The number of benzene rings is 2. The Bertz CT molecular complexity index is 840. The van der Waals surface area contributed by atoms with Gasteiger partial charge in [0.25, 0.3) is 0 Å². The van der Waals surface area contributed by atoms with Crippen LogP contribution in [0.3, 0.4) is 0 Å². The lowest BCUT2D eigenvalue weighted by molar-refractivity contribution is -0.131. The van der Waals surface area contributed by atoms with Crippen LogP contribution in [0.25, 0.3) is 0 Å². The predicted molar refractivity (Wildman–Crippen MR) is 96.1 cm³/mol. The van der Waals surface area contributed by atoms with Crippen molar-refractivity contribution in [2.75, 3.05) is 17.6 Å². The summed E-state index contributed by atoms with van der Waals surface area (Å²) in [6.45, 7) is 1.79. The summed E-state index contributed by atoms with van der Waals surface area (Å²) in [6.07, 6.45) is 0.959. The number of carbonyl (C=O) groups excluding carboxylic acids is 1. The van der Waals surface area contributed by atoms with Crippen LogP contribution in [-0.4, -0.2) is 38.6 Å². The lowest BCUT2D eigenvalue weighted by atomic mass is 10.2. The number of amides is 1. The number of rotatable bonds is 6. The number of hydrogen-bond acceptors (Lipinski definition) is 3. The summed E-state index contributed by atoms with van der Waals surface area (Å²) in [5.74, 6) is -1.11. The molecule has 0 aliphatic heterocycles. The number of carbonyl (C=O) groups is 1. The van der Waals surface area contributed by atoms with Gasteiger partial charge in [0.15, 0.2) is 0 Å². The molecule has 0 heterocycles. The zero-order chi connectivity index (χ0) is 18.6. The molecule has 0 aliphatic rings. The van der Waals surface area contributed by atoms with Crippen molar-refractivity contribution < 1.29 is 17.6 Å². The van der Waals surface area contributed by atoms with E-state index in [-0.39, 0.29) is 5.69 Å². The summed E-state index contributed by atoms with van der Waals surface area (Å²) in [5.41, 5.74) is 0.779. The Morgan fingerprint density at radius 2 is 1.64 bits per heavy atom. The fourth-order valence-corrected chi connectivity index (χ4v) is 3.83. The minimum atomic E-state index is -3.85. The van der Waals surface area contributed by atoms with Crippen molar-refractivity contribution >= 4 is 21.6 Å². The number of sulfonamides is 1. The molecule has 1 atom stereocenters. The summed E-state index contributed by atoms with van der Waals surface area (Å²) in [5, 5.41) is 0. The average molecular weight is 364 g/mol. The second kappa shape index (κ2) is 7.65. The molecule has 0 spiro atoms. The second-order valence-electron chi connectivity index (χ2n) is 5.87. The fourth-order valence-electron chi connectivity index (χ4n) is 2.66. The minimum Gasteiger partial charge on any atom is -0.340 e. The highest BCUT2D eigenvalue weighted by atomic mass is 32.2. The molecule has 2 aromatic rings. The third-order valence-corrected chi connectivity index (χ3v) is 5.02. The highest BCUT2D eigenvalue weighted by Gasteiger charge is 2.32. The first kappa shape index (κ1) is 18.9. The Balaban J connectivity index is 2.29. The maximum Gasteiger partial charge on any atom is 0.246 e. The van der Waals surface area contributed by atoms with Crippen molar-refractivity contribution in [1.29, 1.82) is 0 Å². The Morgan fingerprint density at radius 1 is 1.08 bits per heavy atom. The monoisotopic (exact) mass is 364 g/mol. The van der Waals surface area contributed by atoms with Crippen LogP contribution >= 0.6 is 0 Å². The largest absolute Gasteiger partial charge is 0.340 e. The molecular weight excluding hydrogens is 343 g/mol. The summed E-state index contributed by atoms with van der Waals surface area (Å²) >= 11 is 0. The van der Waals surface area contributed by atoms with Crippen molar-refractivity contribution in [3.63, 3.8) is 0 Å². The van der Waals surface area contributed by atoms with E-state index in [2.05, 4.69) is 0 Å². The van der Waals surface area contributed by atoms with Gasteiger partial charge in [-0.15, -0.1) is 0 Å². The topological polar surface area (TPSA) is 57.7 Å². The van der Waals surface area contributed by atoms with Crippen molar-refractivity contribution in [3.05, 3.63) is 66.0 Å². The van der Waals surface area contributed by atoms with Gasteiger partial charge in [0.05, 0.1) is 11.9 Å². The normalized spacial score (nSPS) is 12.5. The molecule has 0 N–H and O–H groups in total. The Hall–Kier alpha value is -2.41. The van der Waals surface area contributed by atoms with Crippen molar-refractivity contribution in [1.82, 2.24) is 4.90 Å². The van der Waals surface area contributed by atoms with Crippen LogP contribution in [0.4, 0.5) is 10.1 Å². The van der Waals surface area contributed by atoms with E-state index in [1.807, 2.05) is 30.3 Å². The number of hydrogen-bond donors (Lipinski definition) is 0. The summed E-state index contributed by atoms with van der Waals surface area (Å²) in [6, 6.07) is 13.8. The molecule has 0 radical (unpaired) electrons. The van der Waals surface area contributed by atoms with Gasteiger partial charge in [-0.2, -0.15) is 0 Å². The van der Waals surface area contributed by atoms with E-state index in [1.165, 1.54) is 36.1 Å². The molecule has 1 amide bonds. The van der Waals surface area contributed by atoms with Crippen molar-refractivity contribution in [2.45, 2.75) is 19.5 Å². The molecule has 7 heteroatoms. The molecule has 0 aliphatic carbocycles. The molecule has 0 saturated carbocycles. The van der Waals surface area contributed by atoms with Crippen LogP contribution in [-0.2, 0) is 21.4 Å². The van der Waals surface area contributed by atoms with E-state index >= 15 is 0 Å². The molecule has 0 fully saturated rings. The third-order valence-electron chi connectivity index (χ3n) is 3.80. The van der Waals surface area contributed by atoms with Crippen molar-refractivity contribution in [2.24, 2.45) is 0 Å². The van der Waals surface area contributed by atoms with Gasteiger partial charge in [-0.1, -0.05) is 42.5 Å². The van der Waals surface area contributed by atoms with Crippen LogP contribution in [0.2, 0.25) is 0 Å². The Morgan fingerprint density at radius 3 is 2.20 bits per heavy atom. The van der Waals surface area contributed by atoms with Crippen LogP contribution in [0.1, 0.15) is 12.5 Å². The van der Waals surface area contributed by atoms with Gasteiger partial charge in [-0.3, -0.25) is 9.10 Å². The molecule has 25 heavy (non-hydrogen) atoms. The van der Waals surface area contributed by atoms with E-state index in [1.54, 1.807) is 7.05 Å². The molecule has 0 saturated heterocycles. The minimum absolute atomic E-state index is 0.140. The van der Waals surface area contributed by atoms with Gasteiger partial charge in [-0.25, -0.2) is 12.8 Å². The van der Waals surface area contributed by atoms with Gasteiger partial charge in [0.1, 0.15) is 11.9 Å². The quantitative estimate of drug-likeness (QED) is 0.792. The smallest absolute Gasteiger partial charge is 0.246 e. The van der Waals surface area contributed by atoms with Gasteiger partial charge in [0.2, 0.25) is 15.9 Å².